The SMILES string of the molecule is CC1CCN(C(=O)N[C@@H](CCC(N)=O)C(=O)O)CC1O. The summed E-state index contributed by atoms with van der Waals surface area (Å²) in [5.74, 6) is -1.72. The molecule has 0 aliphatic carbocycles. The van der Waals surface area contributed by atoms with Crippen molar-refractivity contribution in [2.45, 2.75) is 38.3 Å². The number of urea groups is 1. The number of hydrogen-bond donors (Lipinski definition) is 4. The monoisotopic (exact) mass is 287 g/mol. The van der Waals surface area contributed by atoms with E-state index in [-0.39, 0.29) is 25.3 Å². The Morgan fingerprint density at radius 3 is 2.60 bits per heavy atom. The number of nitrogens with one attached hydrogen (secondary N) is 1. The summed E-state index contributed by atoms with van der Waals surface area (Å²) < 4.78 is 0. The third-order valence-electron chi connectivity index (χ3n) is 3.48. The molecule has 114 valence electrons. The van der Waals surface area contributed by atoms with Crippen LogP contribution < -0.4 is 11.1 Å². The van der Waals surface area contributed by atoms with Crippen LogP contribution in [-0.4, -0.2) is 58.3 Å². The Kier molecular flexibility index (Phi) is 5.75. The molecule has 0 aromatic heterocycles. The normalized spacial score (nSPS) is 24.0. The second-order valence-corrected chi connectivity index (χ2v) is 5.12. The van der Waals surface area contributed by atoms with Gasteiger partial charge < -0.3 is 26.2 Å². The van der Waals surface area contributed by atoms with Gasteiger partial charge in [0.05, 0.1) is 6.10 Å². The van der Waals surface area contributed by atoms with Crippen molar-refractivity contribution in [3.63, 3.8) is 0 Å². The molecule has 20 heavy (non-hydrogen) atoms. The molecule has 0 bridgehead atoms. The molecule has 0 spiro atoms. The third-order valence-corrected chi connectivity index (χ3v) is 3.48. The molecule has 1 aliphatic rings. The average molecular weight is 287 g/mol. The van der Waals surface area contributed by atoms with Crippen molar-refractivity contribution in [2.24, 2.45) is 11.7 Å². The number of carbonyl (C=O) groups is 3. The smallest absolute Gasteiger partial charge is 0.326 e. The molecule has 1 heterocycles. The third kappa shape index (κ3) is 4.69. The van der Waals surface area contributed by atoms with Gasteiger partial charge in [-0.05, 0) is 18.8 Å². The van der Waals surface area contributed by atoms with Crippen LogP contribution in [0.4, 0.5) is 4.79 Å². The Morgan fingerprint density at radius 1 is 1.45 bits per heavy atom. The lowest BCUT2D eigenvalue weighted by molar-refractivity contribution is -0.139. The van der Waals surface area contributed by atoms with Crippen LogP contribution >= 0.6 is 0 Å². The molecular weight excluding hydrogens is 266 g/mol. The minimum absolute atomic E-state index is 0.0524. The van der Waals surface area contributed by atoms with E-state index in [0.29, 0.717) is 13.0 Å². The van der Waals surface area contributed by atoms with E-state index < -0.39 is 30.1 Å². The molecule has 0 radical (unpaired) electrons. The molecule has 2 unspecified atom stereocenters. The number of β-amino-alcohol motifs (C(OH)–C–C–N with tert-alkyl or cyclic N) is 1. The fraction of sp³-hybridized carbons (Fsp3) is 0.750. The van der Waals surface area contributed by atoms with Gasteiger partial charge in [-0.1, -0.05) is 6.92 Å². The molecular formula is C12H21N3O5. The highest BCUT2D eigenvalue weighted by atomic mass is 16.4. The number of amides is 3. The second-order valence-electron chi connectivity index (χ2n) is 5.12. The van der Waals surface area contributed by atoms with E-state index in [0.717, 1.165) is 0 Å². The molecule has 1 fully saturated rings. The van der Waals surface area contributed by atoms with Crippen molar-refractivity contribution >= 4 is 17.9 Å². The summed E-state index contributed by atoms with van der Waals surface area (Å²) in [6, 6.07) is -1.71. The molecule has 3 atom stereocenters. The summed E-state index contributed by atoms with van der Waals surface area (Å²) in [6.45, 7) is 2.54. The van der Waals surface area contributed by atoms with Crippen molar-refractivity contribution in [1.82, 2.24) is 10.2 Å². The maximum Gasteiger partial charge on any atom is 0.326 e. The van der Waals surface area contributed by atoms with Gasteiger partial charge in [-0.15, -0.1) is 0 Å². The number of rotatable bonds is 5. The number of nitrogens with two attached hydrogens (primary N) is 1. The van der Waals surface area contributed by atoms with Crippen LogP contribution in [0, 0.1) is 5.92 Å². The molecule has 8 nitrogen and oxygen atoms in total. The van der Waals surface area contributed by atoms with Gasteiger partial charge in [0.25, 0.3) is 0 Å². The predicted octanol–water partition coefficient (Wildman–Crippen LogP) is -0.883. The van der Waals surface area contributed by atoms with Crippen LogP contribution in [-0.2, 0) is 9.59 Å². The number of aliphatic carboxylic acids is 1. The van der Waals surface area contributed by atoms with E-state index >= 15 is 0 Å². The number of likely N-dealkylation sites (tertiary alicyclic amines) is 1. The number of hydrogen-bond acceptors (Lipinski definition) is 4. The van der Waals surface area contributed by atoms with E-state index in [2.05, 4.69) is 5.32 Å². The van der Waals surface area contributed by atoms with Crippen LogP contribution in [0.1, 0.15) is 26.2 Å². The maximum absolute atomic E-state index is 11.9. The number of carbonyl (C=O) groups excluding carboxylic acids is 2. The number of primary amides is 1. The first-order chi connectivity index (χ1) is 9.31. The number of carboxylic acids is 1. The van der Waals surface area contributed by atoms with Crippen molar-refractivity contribution in [3.8, 4) is 0 Å². The quantitative estimate of drug-likeness (QED) is 0.521. The van der Waals surface area contributed by atoms with Gasteiger partial charge in [0.15, 0.2) is 0 Å². The minimum atomic E-state index is -1.22. The van der Waals surface area contributed by atoms with Gasteiger partial charge in [0, 0.05) is 19.5 Å². The van der Waals surface area contributed by atoms with Gasteiger partial charge in [-0.2, -0.15) is 0 Å². The fourth-order valence-corrected chi connectivity index (χ4v) is 2.02. The molecule has 1 rings (SSSR count). The molecule has 0 saturated carbocycles. The highest BCUT2D eigenvalue weighted by Crippen LogP contribution is 2.17. The Hall–Kier alpha value is -1.83. The first-order valence-corrected chi connectivity index (χ1v) is 6.56. The van der Waals surface area contributed by atoms with Gasteiger partial charge in [0.2, 0.25) is 5.91 Å². The second kappa shape index (κ2) is 7.09. The fourth-order valence-electron chi connectivity index (χ4n) is 2.02. The highest BCUT2D eigenvalue weighted by Gasteiger charge is 2.29. The lowest BCUT2D eigenvalue weighted by Crippen LogP contribution is -2.53. The summed E-state index contributed by atoms with van der Waals surface area (Å²) in [7, 11) is 0. The number of piperidine rings is 1. The standard InChI is InChI=1S/C12H21N3O5/c1-7-4-5-15(6-9(7)16)12(20)14-8(11(18)19)2-3-10(13)17/h7-9,16H,2-6H2,1H3,(H2,13,17)(H,14,20)(H,18,19)/t7?,8-,9?/m0/s1. The number of nitrogens with zero attached hydrogens (tertiary/aromatic N) is 1. The largest absolute Gasteiger partial charge is 0.480 e. The molecule has 1 saturated heterocycles. The molecule has 1 aliphatic heterocycles. The van der Waals surface area contributed by atoms with Crippen LogP contribution in [0.15, 0.2) is 0 Å². The Labute approximate surface area is 116 Å². The lowest BCUT2D eigenvalue weighted by Gasteiger charge is -2.34. The van der Waals surface area contributed by atoms with Crippen molar-refractivity contribution in [1.29, 1.82) is 0 Å². The van der Waals surface area contributed by atoms with E-state index in [1.807, 2.05) is 6.92 Å². The van der Waals surface area contributed by atoms with Gasteiger partial charge in [-0.3, -0.25) is 4.79 Å². The average Bonchev–Trinajstić information content (AvgIpc) is 2.36. The number of aliphatic hydroxyl groups excluding tert-OH is 1. The van der Waals surface area contributed by atoms with Crippen molar-refractivity contribution < 1.29 is 24.6 Å². The molecule has 5 N–H and O–H groups in total. The van der Waals surface area contributed by atoms with E-state index in [9.17, 15) is 19.5 Å². The molecule has 0 aromatic carbocycles. The van der Waals surface area contributed by atoms with Crippen LogP contribution in [0.25, 0.3) is 0 Å². The highest BCUT2D eigenvalue weighted by molar-refractivity contribution is 5.83. The van der Waals surface area contributed by atoms with Gasteiger partial charge in [-0.25, -0.2) is 9.59 Å². The Balaban J connectivity index is 2.53. The van der Waals surface area contributed by atoms with Gasteiger partial charge >= 0.3 is 12.0 Å². The summed E-state index contributed by atoms with van der Waals surface area (Å²) >= 11 is 0. The molecule has 8 heteroatoms. The lowest BCUT2D eigenvalue weighted by atomic mass is 9.96. The van der Waals surface area contributed by atoms with E-state index in [1.54, 1.807) is 0 Å². The zero-order chi connectivity index (χ0) is 15.3. The molecule has 0 aromatic rings. The van der Waals surface area contributed by atoms with Crippen LogP contribution in [0.2, 0.25) is 0 Å². The predicted molar refractivity (Wildman–Crippen MR) is 69.7 cm³/mol. The van der Waals surface area contributed by atoms with Crippen LogP contribution in [0.5, 0.6) is 0 Å². The summed E-state index contributed by atoms with van der Waals surface area (Å²) in [5.41, 5.74) is 4.96. The Morgan fingerprint density at radius 2 is 2.10 bits per heavy atom. The van der Waals surface area contributed by atoms with E-state index in [1.165, 1.54) is 4.90 Å². The first-order valence-electron chi connectivity index (χ1n) is 6.56. The van der Waals surface area contributed by atoms with Gasteiger partial charge in [0.1, 0.15) is 6.04 Å². The minimum Gasteiger partial charge on any atom is -0.480 e. The summed E-state index contributed by atoms with van der Waals surface area (Å²) in [4.78, 5) is 35.0. The number of carboxylic acid groups (broad SMARTS) is 1. The van der Waals surface area contributed by atoms with Crippen molar-refractivity contribution in [2.75, 3.05) is 13.1 Å². The zero-order valence-corrected chi connectivity index (χ0v) is 11.4. The van der Waals surface area contributed by atoms with Crippen molar-refractivity contribution in [3.05, 3.63) is 0 Å². The molecule has 3 amide bonds. The first kappa shape index (κ1) is 16.2. The summed E-state index contributed by atoms with van der Waals surface area (Å²) in [6.07, 6.45) is -0.114. The van der Waals surface area contributed by atoms with Crippen LogP contribution in [0.3, 0.4) is 0 Å². The number of aliphatic hydroxyl groups is 1. The summed E-state index contributed by atoms with van der Waals surface area (Å²) in [5, 5.41) is 21.1. The topological polar surface area (TPSA) is 133 Å². The maximum atomic E-state index is 11.9. The van der Waals surface area contributed by atoms with E-state index in [4.69, 9.17) is 10.8 Å². The Bertz CT molecular complexity index is 387. The zero-order valence-electron chi connectivity index (χ0n) is 11.4.